The number of pyridine rings is 1. The molecule has 21 heavy (non-hydrogen) atoms. The molecular weight excluding hydrogens is 288 g/mol. The number of hydrogen-bond donors (Lipinski definition) is 1. The summed E-state index contributed by atoms with van der Waals surface area (Å²) < 4.78 is 16.5. The van der Waals surface area contributed by atoms with Crippen LogP contribution in [0.2, 0.25) is 0 Å². The molecule has 0 spiro atoms. The fourth-order valence-electron chi connectivity index (χ4n) is 1.92. The topological polar surface area (TPSA) is 66.6 Å². The van der Waals surface area contributed by atoms with Crippen molar-refractivity contribution in [1.82, 2.24) is 4.98 Å². The first-order valence-electron chi connectivity index (χ1n) is 6.22. The molecule has 0 fully saturated rings. The zero-order valence-electron chi connectivity index (χ0n) is 12.0. The first-order valence-corrected chi connectivity index (χ1v) is 6.63. The van der Waals surface area contributed by atoms with Gasteiger partial charge in [0.15, 0.2) is 11.5 Å². The smallest absolute Gasteiger partial charge is 0.230 e. The highest BCUT2D eigenvalue weighted by Gasteiger charge is 2.17. The summed E-state index contributed by atoms with van der Waals surface area (Å²) in [5, 5.41) is 0. The molecule has 0 unspecified atom stereocenters. The van der Waals surface area contributed by atoms with Gasteiger partial charge in [-0.1, -0.05) is 18.3 Å². The summed E-state index contributed by atoms with van der Waals surface area (Å²) >= 11 is 5.07. The van der Waals surface area contributed by atoms with Crippen molar-refractivity contribution in [3.8, 4) is 23.1 Å². The maximum absolute atomic E-state index is 5.87. The summed E-state index contributed by atoms with van der Waals surface area (Å²) in [4.78, 5) is 4.43. The van der Waals surface area contributed by atoms with E-state index in [2.05, 4.69) is 4.98 Å². The number of aryl methyl sites for hydroxylation is 1. The molecule has 0 bridgehead atoms. The minimum absolute atomic E-state index is 0.226. The first kappa shape index (κ1) is 15.1. The van der Waals surface area contributed by atoms with Gasteiger partial charge in [0.05, 0.1) is 19.8 Å². The Hall–Kier alpha value is -2.34. The highest BCUT2D eigenvalue weighted by atomic mass is 32.1. The molecule has 2 aromatic rings. The number of para-hydroxylation sites is 1. The molecule has 0 aliphatic rings. The molecule has 6 heteroatoms. The van der Waals surface area contributed by atoms with Gasteiger partial charge in [-0.3, -0.25) is 0 Å². The Morgan fingerprint density at radius 3 is 2.29 bits per heavy atom. The minimum atomic E-state index is 0.226. The fraction of sp³-hybridized carbons (Fsp3) is 0.200. The number of thiocarbonyl (C=S) groups is 1. The Kier molecular flexibility index (Phi) is 4.59. The molecule has 2 N–H and O–H groups in total. The van der Waals surface area contributed by atoms with Crippen molar-refractivity contribution in [2.24, 2.45) is 5.73 Å². The predicted molar refractivity (Wildman–Crippen MR) is 84.5 cm³/mol. The van der Waals surface area contributed by atoms with Crippen LogP contribution < -0.4 is 19.9 Å². The third kappa shape index (κ3) is 3.05. The van der Waals surface area contributed by atoms with E-state index in [1.807, 2.05) is 19.1 Å². The van der Waals surface area contributed by atoms with Gasteiger partial charge in [-0.15, -0.1) is 0 Å². The molecule has 2 rings (SSSR count). The monoisotopic (exact) mass is 304 g/mol. The Bertz CT molecular complexity index is 652. The lowest BCUT2D eigenvalue weighted by Gasteiger charge is -2.15. The molecule has 0 saturated heterocycles. The third-order valence-corrected chi connectivity index (χ3v) is 3.16. The largest absolute Gasteiger partial charge is 0.493 e. The van der Waals surface area contributed by atoms with E-state index in [9.17, 15) is 0 Å². The van der Waals surface area contributed by atoms with Crippen molar-refractivity contribution >= 4 is 17.2 Å². The van der Waals surface area contributed by atoms with Crippen LogP contribution in [0, 0.1) is 6.92 Å². The van der Waals surface area contributed by atoms with Gasteiger partial charge in [0.25, 0.3) is 0 Å². The molecule has 1 aromatic carbocycles. The highest BCUT2D eigenvalue weighted by Crippen LogP contribution is 2.40. The van der Waals surface area contributed by atoms with Crippen molar-refractivity contribution < 1.29 is 14.2 Å². The van der Waals surface area contributed by atoms with Gasteiger partial charge in [-0.05, 0) is 30.7 Å². The number of benzene rings is 1. The van der Waals surface area contributed by atoms with Crippen LogP contribution in [0.15, 0.2) is 30.5 Å². The normalized spacial score (nSPS) is 10.0. The molecule has 1 aromatic heterocycles. The molecule has 0 amide bonds. The van der Waals surface area contributed by atoms with Crippen LogP contribution in [0.1, 0.15) is 11.1 Å². The molecule has 1 heterocycles. The molecule has 5 nitrogen and oxygen atoms in total. The van der Waals surface area contributed by atoms with Crippen LogP contribution in [-0.2, 0) is 0 Å². The van der Waals surface area contributed by atoms with Gasteiger partial charge in [0.2, 0.25) is 11.6 Å². The number of rotatable bonds is 5. The average molecular weight is 304 g/mol. The first-order chi connectivity index (χ1) is 10.1. The molecule has 0 aliphatic carbocycles. The van der Waals surface area contributed by atoms with E-state index in [4.69, 9.17) is 32.2 Å². The maximum Gasteiger partial charge on any atom is 0.230 e. The Balaban J connectivity index is 2.53. The lowest BCUT2D eigenvalue weighted by molar-refractivity contribution is 0.341. The second-order valence-electron chi connectivity index (χ2n) is 4.27. The highest BCUT2D eigenvalue weighted by molar-refractivity contribution is 7.80. The van der Waals surface area contributed by atoms with E-state index in [1.165, 1.54) is 0 Å². The lowest BCUT2D eigenvalue weighted by Crippen LogP contribution is -2.13. The van der Waals surface area contributed by atoms with Crippen LogP contribution >= 0.6 is 12.2 Å². The Labute approximate surface area is 128 Å². The molecular formula is C15H16N2O3S. The third-order valence-electron chi connectivity index (χ3n) is 2.95. The number of nitrogens with zero attached hydrogens (tertiary/aromatic N) is 1. The van der Waals surface area contributed by atoms with Crippen molar-refractivity contribution in [1.29, 1.82) is 0 Å². The number of aromatic nitrogens is 1. The number of hydrogen-bond acceptors (Lipinski definition) is 5. The lowest BCUT2D eigenvalue weighted by atomic mass is 10.1. The zero-order valence-corrected chi connectivity index (χ0v) is 12.9. The van der Waals surface area contributed by atoms with Crippen LogP contribution in [0.25, 0.3) is 0 Å². The number of methoxy groups -OCH3 is 2. The van der Waals surface area contributed by atoms with Crippen LogP contribution in [-0.4, -0.2) is 24.2 Å². The molecule has 0 atom stereocenters. The zero-order chi connectivity index (χ0) is 15.4. The van der Waals surface area contributed by atoms with E-state index in [1.54, 1.807) is 32.5 Å². The minimum Gasteiger partial charge on any atom is -0.493 e. The van der Waals surface area contributed by atoms with Crippen molar-refractivity contribution in [2.75, 3.05) is 14.2 Å². The van der Waals surface area contributed by atoms with Gasteiger partial charge in [0, 0.05) is 6.20 Å². The number of ether oxygens (including phenoxy) is 3. The maximum atomic E-state index is 5.87. The summed E-state index contributed by atoms with van der Waals surface area (Å²) in [7, 11) is 3.11. The quantitative estimate of drug-likeness (QED) is 0.857. The van der Waals surface area contributed by atoms with Crippen molar-refractivity contribution in [2.45, 2.75) is 6.92 Å². The van der Waals surface area contributed by atoms with E-state index in [0.29, 0.717) is 28.7 Å². The predicted octanol–water partition coefficient (Wildman–Crippen LogP) is 2.83. The second kappa shape index (κ2) is 6.41. The summed E-state index contributed by atoms with van der Waals surface area (Å²) in [5.41, 5.74) is 7.25. The second-order valence-corrected chi connectivity index (χ2v) is 4.71. The van der Waals surface area contributed by atoms with Gasteiger partial charge in [0.1, 0.15) is 4.99 Å². The summed E-state index contributed by atoms with van der Waals surface area (Å²) in [5.74, 6) is 1.82. The van der Waals surface area contributed by atoms with Crippen LogP contribution in [0.5, 0.6) is 23.1 Å². The standard InChI is InChI=1S/C15H16N2O3S/c1-9-7-8-17-15(12(9)14(16)21)20-13-10(18-2)5-4-6-11(13)19-3/h4-8H,1-3H3,(H2,16,21). The van der Waals surface area contributed by atoms with E-state index < -0.39 is 0 Å². The Morgan fingerprint density at radius 1 is 1.14 bits per heavy atom. The fourth-order valence-corrected chi connectivity index (χ4v) is 2.17. The summed E-state index contributed by atoms with van der Waals surface area (Å²) in [6, 6.07) is 7.17. The van der Waals surface area contributed by atoms with Gasteiger partial charge < -0.3 is 19.9 Å². The summed E-state index contributed by atoms with van der Waals surface area (Å²) in [6.45, 7) is 1.89. The van der Waals surface area contributed by atoms with Crippen LogP contribution in [0.4, 0.5) is 0 Å². The molecule has 0 aliphatic heterocycles. The molecule has 0 radical (unpaired) electrons. The molecule has 110 valence electrons. The Morgan fingerprint density at radius 2 is 1.76 bits per heavy atom. The van der Waals surface area contributed by atoms with Crippen molar-refractivity contribution in [3.05, 3.63) is 41.6 Å². The summed E-state index contributed by atoms with van der Waals surface area (Å²) in [6.07, 6.45) is 1.63. The van der Waals surface area contributed by atoms with E-state index in [0.717, 1.165) is 5.56 Å². The van der Waals surface area contributed by atoms with E-state index in [-0.39, 0.29) is 4.99 Å². The SMILES string of the molecule is COc1cccc(OC)c1Oc1nccc(C)c1C(N)=S. The van der Waals surface area contributed by atoms with Crippen molar-refractivity contribution in [3.63, 3.8) is 0 Å². The van der Waals surface area contributed by atoms with Gasteiger partial charge in [-0.25, -0.2) is 4.98 Å². The number of nitrogens with two attached hydrogens (primary N) is 1. The van der Waals surface area contributed by atoms with E-state index >= 15 is 0 Å². The molecule has 0 saturated carbocycles. The van der Waals surface area contributed by atoms with Gasteiger partial charge >= 0.3 is 0 Å². The average Bonchev–Trinajstić information content (AvgIpc) is 2.47. The van der Waals surface area contributed by atoms with Crippen LogP contribution in [0.3, 0.4) is 0 Å². The van der Waals surface area contributed by atoms with Gasteiger partial charge in [-0.2, -0.15) is 0 Å².